The normalized spacial score (nSPS) is 11.3. The number of aromatic hydroxyl groups is 1. The van der Waals surface area contributed by atoms with Gasteiger partial charge < -0.3 is 10.1 Å². The minimum atomic E-state index is -0.283. The molecule has 98 valence electrons. The molecular formula is C14H15N3O2. The summed E-state index contributed by atoms with van der Waals surface area (Å²) in [5.74, 6) is -0.0793. The number of nitrogens with zero attached hydrogens (tertiary/aromatic N) is 1. The molecule has 0 spiro atoms. The van der Waals surface area contributed by atoms with Crippen LogP contribution in [0.25, 0.3) is 0 Å². The van der Waals surface area contributed by atoms with E-state index in [0.29, 0.717) is 12.1 Å². The predicted octanol–water partition coefficient (Wildman–Crippen LogP) is 2.26. The van der Waals surface area contributed by atoms with Gasteiger partial charge in [-0.2, -0.15) is 5.10 Å². The maximum atomic E-state index is 11.7. The van der Waals surface area contributed by atoms with Crippen molar-refractivity contribution in [1.82, 2.24) is 10.4 Å². The molecule has 5 nitrogen and oxygen atoms in total. The smallest absolute Gasteiger partial charge is 0.287 e. The van der Waals surface area contributed by atoms with Crippen LogP contribution in [0.15, 0.2) is 47.7 Å². The van der Waals surface area contributed by atoms with E-state index < -0.39 is 0 Å². The summed E-state index contributed by atoms with van der Waals surface area (Å²) in [6.45, 7) is 1.95. The molecule has 2 aromatic rings. The lowest BCUT2D eigenvalue weighted by molar-refractivity contribution is 0.0950. The Bertz CT molecular complexity index is 571. The number of benzene rings is 1. The standard InChI is InChI=1S/C14H15N3O2/c1-2-12(10-5-7-11(18)8-6-10)16-17-14(19)13-4-3-9-15-13/h3-9,15,18H,2H2,1H3,(H,17,19)/b16-12+. The maximum Gasteiger partial charge on any atom is 0.287 e. The fourth-order valence-corrected chi connectivity index (χ4v) is 1.65. The van der Waals surface area contributed by atoms with Gasteiger partial charge in [-0.25, -0.2) is 5.43 Å². The number of aromatic nitrogens is 1. The van der Waals surface area contributed by atoms with Gasteiger partial charge in [0.25, 0.3) is 5.91 Å². The summed E-state index contributed by atoms with van der Waals surface area (Å²) >= 11 is 0. The number of hydrazone groups is 1. The molecule has 0 fully saturated rings. The molecule has 0 aliphatic heterocycles. The second-order valence-electron chi connectivity index (χ2n) is 3.98. The number of H-pyrrole nitrogens is 1. The Morgan fingerprint density at radius 3 is 2.63 bits per heavy atom. The average Bonchev–Trinajstić information content (AvgIpc) is 2.95. The van der Waals surface area contributed by atoms with Crippen molar-refractivity contribution in [3.8, 4) is 5.75 Å². The van der Waals surface area contributed by atoms with Gasteiger partial charge in [0.15, 0.2) is 0 Å². The Morgan fingerprint density at radius 1 is 1.32 bits per heavy atom. The number of carbonyl (C=O) groups is 1. The lowest BCUT2D eigenvalue weighted by Crippen LogP contribution is -2.20. The molecule has 1 amide bonds. The topological polar surface area (TPSA) is 77.5 Å². The van der Waals surface area contributed by atoms with Crippen molar-refractivity contribution in [2.24, 2.45) is 5.10 Å². The lowest BCUT2D eigenvalue weighted by atomic mass is 10.1. The van der Waals surface area contributed by atoms with Crippen molar-refractivity contribution < 1.29 is 9.90 Å². The van der Waals surface area contributed by atoms with Gasteiger partial charge in [-0.15, -0.1) is 0 Å². The summed E-state index contributed by atoms with van der Waals surface area (Å²) in [5, 5.41) is 13.4. The molecule has 0 aliphatic carbocycles. The van der Waals surface area contributed by atoms with Crippen LogP contribution in [-0.4, -0.2) is 21.7 Å². The summed E-state index contributed by atoms with van der Waals surface area (Å²) in [4.78, 5) is 14.5. The third-order valence-electron chi connectivity index (χ3n) is 2.67. The molecule has 1 aromatic heterocycles. The van der Waals surface area contributed by atoms with Crippen LogP contribution in [0.2, 0.25) is 0 Å². The Balaban J connectivity index is 2.11. The Kier molecular flexibility index (Phi) is 3.97. The molecule has 0 bridgehead atoms. The number of carbonyl (C=O) groups excluding carboxylic acids is 1. The molecule has 0 radical (unpaired) electrons. The first-order valence-electron chi connectivity index (χ1n) is 6.00. The highest BCUT2D eigenvalue weighted by atomic mass is 16.3. The maximum absolute atomic E-state index is 11.7. The van der Waals surface area contributed by atoms with Crippen LogP contribution in [-0.2, 0) is 0 Å². The summed E-state index contributed by atoms with van der Waals surface area (Å²) in [6.07, 6.45) is 2.36. The van der Waals surface area contributed by atoms with E-state index in [-0.39, 0.29) is 11.7 Å². The van der Waals surface area contributed by atoms with E-state index in [0.717, 1.165) is 11.3 Å². The van der Waals surface area contributed by atoms with Crippen LogP contribution in [0.1, 0.15) is 29.4 Å². The van der Waals surface area contributed by atoms with E-state index in [9.17, 15) is 9.90 Å². The van der Waals surface area contributed by atoms with Gasteiger partial charge in [0.1, 0.15) is 11.4 Å². The zero-order valence-corrected chi connectivity index (χ0v) is 10.6. The van der Waals surface area contributed by atoms with Crippen molar-refractivity contribution >= 4 is 11.6 Å². The predicted molar refractivity (Wildman–Crippen MR) is 73.2 cm³/mol. The van der Waals surface area contributed by atoms with E-state index >= 15 is 0 Å². The zero-order chi connectivity index (χ0) is 13.7. The van der Waals surface area contributed by atoms with Crippen molar-refractivity contribution in [2.75, 3.05) is 0 Å². The largest absolute Gasteiger partial charge is 0.508 e. The van der Waals surface area contributed by atoms with Gasteiger partial charge in [-0.1, -0.05) is 6.92 Å². The van der Waals surface area contributed by atoms with Crippen molar-refractivity contribution in [2.45, 2.75) is 13.3 Å². The number of phenolic OH excluding ortho intramolecular Hbond substituents is 1. The highest BCUT2D eigenvalue weighted by Gasteiger charge is 2.06. The molecular weight excluding hydrogens is 242 g/mol. The van der Waals surface area contributed by atoms with Crippen LogP contribution >= 0.6 is 0 Å². The Labute approximate surface area is 111 Å². The molecule has 2 rings (SSSR count). The molecule has 0 unspecified atom stereocenters. The van der Waals surface area contributed by atoms with Gasteiger partial charge in [0.2, 0.25) is 0 Å². The van der Waals surface area contributed by atoms with Crippen LogP contribution in [0, 0.1) is 0 Å². The number of rotatable bonds is 4. The van der Waals surface area contributed by atoms with Crippen molar-refractivity contribution in [3.63, 3.8) is 0 Å². The first-order valence-corrected chi connectivity index (χ1v) is 6.00. The Hall–Kier alpha value is -2.56. The molecule has 1 heterocycles. The summed E-state index contributed by atoms with van der Waals surface area (Å²) in [5.41, 5.74) is 4.58. The molecule has 0 atom stereocenters. The van der Waals surface area contributed by atoms with Gasteiger partial charge in [0, 0.05) is 6.20 Å². The number of aromatic amines is 1. The number of nitrogens with one attached hydrogen (secondary N) is 2. The van der Waals surface area contributed by atoms with Crippen LogP contribution in [0.5, 0.6) is 5.75 Å². The van der Waals surface area contributed by atoms with Gasteiger partial charge in [-0.3, -0.25) is 4.79 Å². The molecule has 0 saturated heterocycles. The zero-order valence-electron chi connectivity index (χ0n) is 10.6. The molecule has 5 heteroatoms. The van der Waals surface area contributed by atoms with E-state index in [1.807, 2.05) is 6.92 Å². The second-order valence-corrected chi connectivity index (χ2v) is 3.98. The first kappa shape index (κ1) is 12.9. The quantitative estimate of drug-likeness (QED) is 0.580. The highest BCUT2D eigenvalue weighted by Crippen LogP contribution is 2.11. The SMILES string of the molecule is CC/C(=N\NC(=O)c1ccc[nH]1)c1ccc(O)cc1. The third kappa shape index (κ3) is 3.22. The summed E-state index contributed by atoms with van der Waals surface area (Å²) < 4.78 is 0. The Morgan fingerprint density at radius 2 is 2.05 bits per heavy atom. The number of hydrogen-bond donors (Lipinski definition) is 3. The van der Waals surface area contributed by atoms with E-state index in [2.05, 4.69) is 15.5 Å². The molecule has 0 saturated carbocycles. The molecule has 0 aliphatic rings. The van der Waals surface area contributed by atoms with Crippen LogP contribution in [0.3, 0.4) is 0 Å². The average molecular weight is 257 g/mol. The minimum Gasteiger partial charge on any atom is -0.508 e. The summed E-state index contributed by atoms with van der Waals surface area (Å²) in [6, 6.07) is 10.1. The summed E-state index contributed by atoms with van der Waals surface area (Å²) in [7, 11) is 0. The van der Waals surface area contributed by atoms with Gasteiger partial charge in [-0.05, 0) is 48.4 Å². The fourth-order valence-electron chi connectivity index (χ4n) is 1.65. The van der Waals surface area contributed by atoms with Crippen LogP contribution < -0.4 is 5.43 Å². The van der Waals surface area contributed by atoms with E-state index in [1.54, 1.807) is 42.6 Å². The molecule has 19 heavy (non-hydrogen) atoms. The fraction of sp³-hybridized carbons (Fsp3) is 0.143. The number of phenols is 1. The third-order valence-corrected chi connectivity index (χ3v) is 2.67. The van der Waals surface area contributed by atoms with E-state index in [1.165, 1.54) is 0 Å². The molecule has 1 aromatic carbocycles. The number of hydrogen-bond acceptors (Lipinski definition) is 3. The van der Waals surface area contributed by atoms with Gasteiger partial charge >= 0.3 is 0 Å². The second kappa shape index (κ2) is 5.86. The first-order chi connectivity index (χ1) is 9.20. The van der Waals surface area contributed by atoms with Crippen LogP contribution in [0.4, 0.5) is 0 Å². The monoisotopic (exact) mass is 257 g/mol. The van der Waals surface area contributed by atoms with Crippen molar-refractivity contribution in [1.29, 1.82) is 0 Å². The number of amides is 1. The van der Waals surface area contributed by atoms with Gasteiger partial charge in [0.05, 0.1) is 5.71 Å². The lowest BCUT2D eigenvalue weighted by Gasteiger charge is -2.05. The molecule has 3 N–H and O–H groups in total. The highest BCUT2D eigenvalue weighted by molar-refractivity contribution is 6.01. The van der Waals surface area contributed by atoms with E-state index in [4.69, 9.17) is 0 Å². The van der Waals surface area contributed by atoms with Crippen molar-refractivity contribution in [3.05, 3.63) is 53.9 Å². The minimum absolute atomic E-state index is 0.203.